The molecular formula is C22H21N3O6. The molecule has 4 rings (SSSR count). The van der Waals surface area contributed by atoms with Crippen LogP contribution >= 0.6 is 0 Å². The molecule has 2 aliphatic rings. The average molecular weight is 423 g/mol. The molecule has 2 amide bonds. The maximum atomic E-state index is 12.8. The Kier molecular flexibility index (Phi) is 5.74. The Morgan fingerprint density at radius 1 is 1.16 bits per heavy atom. The van der Waals surface area contributed by atoms with E-state index in [9.17, 15) is 14.4 Å². The maximum absolute atomic E-state index is 12.8. The molecule has 31 heavy (non-hydrogen) atoms. The Morgan fingerprint density at radius 2 is 1.97 bits per heavy atom. The van der Waals surface area contributed by atoms with E-state index in [4.69, 9.17) is 9.47 Å². The topological polar surface area (TPSA) is 106 Å². The van der Waals surface area contributed by atoms with Crippen LogP contribution < -0.4 is 25.0 Å². The normalized spacial score (nSPS) is 14.2. The smallest absolute Gasteiger partial charge is 0.311 e. The van der Waals surface area contributed by atoms with Crippen LogP contribution in [-0.2, 0) is 25.7 Å². The molecule has 2 aromatic carbocycles. The summed E-state index contributed by atoms with van der Waals surface area (Å²) >= 11 is 0. The molecule has 0 radical (unpaired) electrons. The van der Waals surface area contributed by atoms with Gasteiger partial charge in [-0.1, -0.05) is 18.2 Å². The van der Waals surface area contributed by atoms with E-state index in [0.717, 1.165) is 5.56 Å². The minimum atomic E-state index is -0.473. The predicted octanol–water partition coefficient (Wildman–Crippen LogP) is 1.94. The second-order valence-electron chi connectivity index (χ2n) is 6.95. The standard InChI is InChI=1S/C22H21N3O6/c1-29-22(28)10-15-9-21(27)25(17-5-3-2-4-16(17)24-15)12-20(26)23-11-14-6-7-18-19(8-14)31-13-30-18/h2-9,24H,10-13H2,1H3,(H,23,26). The zero-order valence-corrected chi connectivity index (χ0v) is 16.8. The van der Waals surface area contributed by atoms with Crippen molar-refractivity contribution >= 4 is 29.2 Å². The van der Waals surface area contributed by atoms with Gasteiger partial charge in [-0.15, -0.1) is 0 Å². The van der Waals surface area contributed by atoms with Crippen LogP contribution in [0.2, 0.25) is 0 Å². The molecule has 0 spiro atoms. The van der Waals surface area contributed by atoms with E-state index in [1.54, 1.807) is 36.4 Å². The highest BCUT2D eigenvalue weighted by molar-refractivity contribution is 6.09. The Morgan fingerprint density at radius 3 is 2.81 bits per heavy atom. The molecule has 9 nitrogen and oxygen atoms in total. The van der Waals surface area contributed by atoms with Crippen molar-refractivity contribution in [2.75, 3.05) is 30.7 Å². The number of benzene rings is 2. The molecule has 2 aromatic rings. The van der Waals surface area contributed by atoms with Crippen molar-refractivity contribution in [1.29, 1.82) is 0 Å². The van der Waals surface area contributed by atoms with Gasteiger partial charge in [0, 0.05) is 18.3 Å². The number of carbonyl (C=O) groups excluding carboxylic acids is 3. The lowest BCUT2D eigenvalue weighted by atomic mass is 10.2. The molecule has 0 saturated carbocycles. The van der Waals surface area contributed by atoms with E-state index in [0.29, 0.717) is 28.6 Å². The summed E-state index contributed by atoms with van der Waals surface area (Å²) in [7, 11) is 1.28. The number of methoxy groups -OCH3 is 1. The molecule has 0 unspecified atom stereocenters. The number of anilines is 2. The number of nitrogens with zero attached hydrogens (tertiary/aromatic N) is 1. The van der Waals surface area contributed by atoms with E-state index in [-0.39, 0.29) is 32.2 Å². The summed E-state index contributed by atoms with van der Waals surface area (Å²) in [6.45, 7) is 0.284. The third-order valence-corrected chi connectivity index (χ3v) is 4.84. The van der Waals surface area contributed by atoms with Crippen LogP contribution in [0, 0.1) is 0 Å². The molecule has 2 N–H and O–H groups in total. The molecule has 160 valence electrons. The summed E-state index contributed by atoms with van der Waals surface area (Å²) in [5, 5.41) is 5.90. The van der Waals surface area contributed by atoms with Crippen molar-refractivity contribution in [1.82, 2.24) is 5.32 Å². The van der Waals surface area contributed by atoms with Gasteiger partial charge in [-0.05, 0) is 29.8 Å². The van der Waals surface area contributed by atoms with Gasteiger partial charge >= 0.3 is 5.97 Å². The van der Waals surface area contributed by atoms with Crippen molar-refractivity contribution in [3.63, 3.8) is 0 Å². The summed E-state index contributed by atoms with van der Waals surface area (Å²) in [4.78, 5) is 38.5. The Balaban J connectivity index is 1.46. The second kappa shape index (κ2) is 8.78. The lowest BCUT2D eigenvalue weighted by Gasteiger charge is -2.21. The quantitative estimate of drug-likeness (QED) is 0.684. The number of carbonyl (C=O) groups is 3. The first-order valence-electron chi connectivity index (χ1n) is 9.63. The monoisotopic (exact) mass is 423 g/mol. The van der Waals surface area contributed by atoms with Gasteiger partial charge < -0.3 is 24.8 Å². The lowest BCUT2D eigenvalue weighted by Crippen LogP contribution is -2.39. The summed E-state index contributed by atoms with van der Waals surface area (Å²) in [5.74, 6) is 0.0979. The fourth-order valence-corrected chi connectivity index (χ4v) is 3.31. The van der Waals surface area contributed by atoms with Gasteiger partial charge in [0.25, 0.3) is 5.91 Å². The number of esters is 1. The number of amides is 2. The van der Waals surface area contributed by atoms with Crippen molar-refractivity contribution in [3.8, 4) is 11.5 Å². The number of hydrogen-bond acceptors (Lipinski definition) is 7. The Labute approximate surface area is 178 Å². The molecule has 2 aliphatic heterocycles. The highest BCUT2D eigenvalue weighted by atomic mass is 16.7. The first-order chi connectivity index (χ1) is 15.0. The predicted molar refractivity (Wildman–Crippen MR) is 112 cm³/mol. The molecule has 0 aromatic heterocycles. The van der Waals surface area contributed by atoms with Gasteiger partial charge in [0.15, 0.2) is 11.5 Å². The summed E-state index contributed by atoms with van der Waals surface area (Å²) in [5.41, 5.74) is 2.41. The van der Waals surface area contributed by atoms with Crippen LogP contribution in [0.5, 0.6) is 11.5 Å². The Hall–Kier alpha value is -4.01. The zero-order chi connectivity index (χ0) is 21.8. The highest BCUT2D eigenvalue weighted by Crippen LogP contribution is 2.33. The fourth-order valence-electron chi connectivity index (χ4n) is 3.31. The van der Waals surface area contributed by atoms with Gasteiger partial charge in [0.1, 0.15) is 6.54 Å². The molecule has 9 heteroatoms. The van der Waals surface area contributed by atoms with Gasteiger partial charge in [-0.2, -0.15) is 0 Å². The number of fused-ring (bicyclic) bond motifs is 2. The molecular weight excluding hydrogens is 402 g/mol. The average Bonchev–Trinajstić information content (AvgIpc) is 3.19. The molecule has 0 aliphatic carbocycles. The maximum Gasteiger partial charge on any atom is 0.311 e. The SMILES string of the molecule is COC(=O)CC1=CC(=O)N(CC(=O)NCc2ccc3c(c2)OCO3)c2ccccc2N1. The number of nitrogens with one attached hydrogen (secondary N) is 2. The first kappa shape index (κ1) is 20.3. The van der Waals surface area contributed by atoms with Crippen LogP contribution in [0.3, 0.4) is 0 Å². The van der Waals surface area contributed by atoms with E-state index < -0.39 is 11.9 Å². The minimum Gasteiger partial charge on any atom is -0.469 e. The zero-order valence-electron chi connectivity index (χ0n) is 16.8. The Bertz CT molecular complexity index is 1060. The first-order valence-corrected chi connectivity index (χ1v) is 9.63. The summed E-state index contributed by atoms with van der Waals surface area (Å²) < 4.78 is 15.3. The van der Waals surface area contributed by atoms with E-state index in [1.165, 1.54) is 18.1 Å². The van der Waals surface area contributed by atoms with Crippen molar-refractivity contribution < 1.29 is 28.6 Å². The van der Waals surface area contributed by atoms with Gasteiger partial charge in [-0.3, -0.25) is 19.3 Å². The molecule has 2 heterocycles. The second-order valence-corrected chi connectivity index (χ2v) is 6.95. The number of ether oxygens (including phenoxy) is 3. The number of rotatable bonds is 6. The van der Waals surface area contributed by atoms with Crippen LogP contribution in [0.4, 0.5) is 11.4 Å². The molecule has 0 atom stereocenters. The largest absolute Gasteiger partial charge is 0.469 e. The lowest BCUT2D eigenvalue weighted by molar-refractivity contribution is -0.139. The van der Waals surface area contributed by atoms with E-state index in [2.05, 4.69) is 15.4 Å². The number of hydrogen-bond donors (Lipinski definition) is 2. The number of para-hydroxylation sites is 2. The van der Waals surface area contributed by atoms with Gasteiger partial charge in [-0.25, -0.2) is 0 Å². The van der Waals surface area contributed by atoms with Crippen LogP contribution in [0.25, 0.3) is 0 Å². The molecule has 0 bridgehead atoms. The van der Waals surface area contributed by atoms with Crippen LogP contribution in [-0.4, -0.2) is 38.2 Å². The van der Waals surface area contributed by atoms with Crippen molar-refractivity contribution in [2.24, 2.45) is 0 Å². The third-order valence-electron chi connectivity index (χ3n) is 4.84. The van der Waals surface area contributed by atoms with Crippen LogP contribution in [0.1, 0.15) is 12.0 Å². The fraction of sp³-hybridized carbons (Fsp3) is 0.227. The van der Waals surface area contributed by atoms with Crippen LogP contribution in [0.15, 0.2) is 54.2 Å². The highest BCUT2D eigenvalue weighted by Gasteiger charge is 2.25. The van der Waals surface area contributed by atoms with E-state index >= 15 is 0 Å². The van der Waals surface area contributed by atoms with Crippen molar-refractivity contribution in [3.05, 3.63) is 59.8 Å². The van der Waals surface area contributed by atoms with Gasteiger partial charge in [0.05, 0.1) is 24.9 Å². The summed E-state index contributed by atoms with van der Waals surface area (Å²) in [6.07, 6.45) is 1.22. The minimum absolute atomic E-state index is 0.0826. The van der Waals surface area contributed by atoms with Crippen molar-refractivity contribution in [2.45, 2.75) is 13.0 Å². The van der Waals surface area contributed by atoms with E-state index in [1.807, 2.05) is 6.07 Å². The molecule has 0 fully saturated rings. The molecule has 0 saturated heterocycles. The summed E-state index contributed by atoms with van der Waals surface area (Å²) in [6, 6.07) is 12.5. The third kappa shape index (κ3) is 4.61. The van der Waals surface area contributed by atoms with Gasteiger partial charge in [0.2, 0.25) is 12.7 Å².